The third-order valence-corrected chi connectivity index (χ3v) is 4.53. The Morgan fingerprint density at radius 3 is 1.83 bits per heavy atom. The zero-order chi connectivity index (χ0) is 16.8. The molecule has 0 aliphatic carbocycles. The first-order chi connectivity index (χ1) is 11.6. The first-order valence-corrected chi connectivity index (χ1v) is 8.03. The highest BCUT2D eigenvalue weighted by Gasteiger charge is 2.20. The van der Waals surface area contributed by atoms with Crippen molar-refractivity contribution in [3.8, 4) is 5.69 Å². The molecule has 4 heteroatoms. The number of hydrogen-bond donors (Lipinski definition) is 2. The van der Waals surface area contributed by atoms with Crippen LogP contribution in [0, 0.1) is 13.8 Å². The summed E-state index contributed by atoms with van der Waals surface area (Å²) in [7, 11) is -1.51. The standard InChI is InChI=1S/C20H18BNO2/c1-13-7-9-18-15(11-13)16-12-14(2)8-10-19(16)22(18)20-6-4-3-5-17(20)21(23)24/h3-12,23-24H,1-2H3. The number of aromatic nitrogens is 1. The normalized spacial score (nSPS) is 11.3. The van der Waals surface area contributed by atoms with E-state index in [9.17, 15) is 10.0 Å². The highest BCUT2D eigenvalue weighted by atomic mass is 16.4. The van der Waals surface area contributed by atoms with Crippen LogP contribution in [0.3, 0.4) is 0 Å². The van der Waals surface area contributed by atoms with Crippen LogP contribution in [0.4, 0.5) is 0 Å². The summed E-state index contributed by atoms with van der Waals surface area (Å²) in [5, 5.41) is 21.9. The molecule has 0 atom stereocenters. The quantitative estimate of drug-likeness (QED) is 0.558. The molecule has 0 aliphatic heterocycles. The number of benzene rings is 3. The van der Waals surface area contributed by atoms with E-state index in [4.69, 9.17) is 0 Å². The van der Waals surface area contributed by atoms with E-state index in [0.717, 1.165) is 16.7 Å². The number of nitrogens with zero attached hydrogens (tertiary/aromatic N) is 1. The summed E-state index contributed by atoms with van der Waals surface area (Å²) in [4.78, 5) is 0. The molecule has 4 aromatic rings. The third kappa shape index (κ3) is 2.23. The van der Waals surface area contributed by atoms with Gasteiger partial charge in [-0.15, -0.1) is 0 Å². The average molecular weight is 315 g/mol. The molecular formula is C20H18BNO2. The molecule has 3 nitrogen and oxygen atoms in total. The first kappa shape index (κ1) is 15.0. The summed E-state index contributed by atoms with van der Waals surface area (Å²) < 4.78 is 2.11. The van der Waals surface area contributed by atoms with Gasteiger partial charge in [0.1, 0.15) is 0 Å². The number of para-hydroxylation sites is 1. The smallest absolute Gasteiger partial charge is 0.423 e. The zero-order valence-corrected chi connectivity index (χ0v) is 13.7. The minimum atomic E-state index is -1.51. The van der Waals surface area contributed by atoms with Gasteiger partial charge in [-0.3, -0.25) is 0 Å². The Balaban J connectivity index is 2.19. The molecule has 0 saturated heterocycles. The van der Waals surface area contributed by atoms with Crippen molar-refractivity contribution < 1.29 is 10.0 Å². The Labute approximate surface area is 140 Å². The maximum absolute atomic E-state index is 9.78. The van der Waals surface area contributed by atoms with Gasteiger partial charge in [0.15, 0.2) is 0 Å². The predicted molar refractivity (Wildman–Crippen MR) is 100 cm³/mol. The molecule has 1 heterocycles. The summed E-state index contributed by atoms with van der Waals surface area (Å²) in [6.07, 6.45) is 0. The molecule has 0 fully saturated rings. The van der Waals surface area contributed by atoms with E-state index in [0.29, 0.717) is 5.46 Å². The van der Waals surface area contributed by atoms with Gasteiger partial charge in [0.2, 0.25) is 0 Å². The summed E-state index contributed by atoms with van der Waals surface area (Å²) in [6, 6.07) is 20.2. The van der Waals surface area contributed by atoms with Gasteiger partial charge in [-0.1, -0.05) is 41.5 Å². The third-order valence-electron chi connectivity index (χ3n) is 4.53. The Morgan fingerprint density at radius 2 is 1.29 bits per heavy atom. The Hall–Kier alpha value is -2.56. The molecule has 0 spiro atoms. The lowest BCUT2D eigenvalue weighted by Crippen LogP contribution is -2.33. The van der Waals surface area contributed by atoms with Gasteiger partial charge in [0.05, 0.1) is 11.0 Å². The second-order valence-corrected chi connectivity index (χ2v) is 6.31. The van der Waals surface area contributed by atoms with E-state index in [1.54, 1.807) is 6.07 Å². The molecule has 0 aliphatic rings. The number of fused-ring (bicyclic) bond motifs is 3. The zero-order valence-electron chi connectivity index (χ0n) is 13.7. The predicted octanol–water partition coefficient (Wildman–Crippen LogP) is 3.08. The molecular weight excluding hydrogens is 297 g/mol. The second kappa shape index (κ2) is 5.51. The topological polar surface area (TPSA) is 45.4 Å². The molecule has 118 valence electrons. The van der Waals surface area contributed by atoms with E-state index in [1.807, 2.05) is 18.2 Å². The van der Waals surface area contributed by atoms with Gasteiger partial charge in [-0.05, 0) is 44.2 Å². The Bertz CT molecular complexity index is 1010. The maximum Gasteiger partial charge on any atom is 0.490 e. The molecule has 4 rings (SSSR count). The van der Waals surface area contributed by atoms with Crippen molar-refractivity contribution in [2.75, 3.05) is 0 Å². The molecule has 0 unspecified atom stereocenters. The fraction of sp³-hybridized carbons (Fsp3) is 0.100. The van der Waals surface area contributed by atoms with Gasteiger partial charge >= 0.3 is 7.12 Å². The van der Waals surface area contributed by atoms with E-state index in [2.05, 4.69) is 54.8 Å². The summed E-state index contributed by atoms with van der Waals surface area (Å²) in [5.74, 6) is 0. The summed E-state index contributed by atoms with van der Waals surface area (Å²) in [5.41, 5.74) is 5.83. The van der Waals surface area contributed by atoms with Crippen molar-refractivity contribution in [3.63, 3.8) is 0 Å². The number of aryl methyl sites for hydroxylation is 2. The van der Waals surface area contributed by atoms with Crippen molar-refractivity contribution in [1.82, 2.24) is 4.57 Å². The van der Waals surface area contributed by atoms with Crippen LogP contribution in [-0.4, -0.2) is 21.7 Å². The van der Waals surface area contributed by atoms with Crippen molar-refractivity contribution in [2.24, 2.45) is 0 Å². The molecule has 0 bridgehead atoms. The van der Waals surface area contributed by atoms with Gasteiger partial charge in [-0.2, -0.15) is 0 Å². The van der Waals surface area contributed by atoms with Crippen LogP contribution in [0.1, 0.15) is 11.1 Å². The highest BCUT2D eigenvalue weighted by Crippen LogP contribution is 2.32. The summed E-state index contributed by atoms with van der Waals surface area (Å²) >= 11 is 0. The van der Waals surface area contributed by atoms with Crippen LogP contribution in [-0.2, 0) is 0 Å². The van der Waals surface area contributed by atoms with Gasteiger partial charge in [0.25, 0.3) is 0 Å². The van der Waals surface area contributed by atoms with Gasteiger partial charge < -0.3 is 14.6 Å². The fourth-order valence-electron chi connectivity index (χ4n) is 3.42. The number of rotatable bonds is 2. The van der Waals surface area contributed by atoms with Crippen LogP contribution in [0.25, 0.3) is 27.5 Å². The molecule has 24 heavy (non-hydrogen) atoms. The Morgan fingerprint density at radius 1 is 0.750 bits per heavy atom. The van der Waals surface area contributed by atoms with Crippen molar-refractivity contribution in [2.45, 2.75) is 13.8 Å². The largest absolute Gasteiger partial charge is 0.490 e. The van der Waals surface area contributed by atoms with E-state index in [1.165, 1.54) is 21.9 Å². The molecule has 2 N–H and O–H groups in total. The highest BCUT2D eigenvalue weighted by molar-refractivity contribution is 6.60. The monoisotopic (exact) mass is 315 g/mol. The van der Waals surface area contributed by atoms with Crippen molar-refractivity contribution in [3.05, 3.63) is 71.8 Å². The van der Waals surface area contributed by atoms with E-state index < -0.39 is 7.12 Å². The van der Waals surface area contributed by atoms with Crippen LogP contribution in [0.2, 0.25) is 0 Å². The molecule has 0 saturated carbocycles. The SMILES string of the molecule is Cc1ccc2c(c1)c1cc(C)ccc1n2-c1ccccc1B(O)O. The molecule has 0 radical (unpaired) electrons. The summed E-state index contributed by atoms with van der Waals surface area (Å²) in [6.45, 7) is 4.17. The average Bonchev–Trinajstić information content (AvgIpc) is 2.87. The molecule has 3 aromatic carbocycles. The van der Waals surface area contributed by atoms with Gasteiger partial charge in [-0.25, -0.2) is 0 Å². The van der Waals surface area contributed by atoms with Crippen LogP contribution in [0.15, 0.2) is 60.7 Å². The first-order valence-electron chi connectivity index (χ1n) is 8.03. The molecule has 1 aromatic heterocycles. The number of hydrogen-bond acceptors (Lipinski definition) is 2. The Kier molecular flexibility index (Phi) is 3.45. The van der Waals surface area contributed by atoms with E-state index >= 15 is 0 Å². The molecule has 0 amide bonds. The van der Waals surface area contributed by atoms with Crippen molar-refractivity contribution >= 4 is 34.4 Å². The second-order valence-electron chi connectivity index (χ2n) is 6.31. The minimum Gasteiger partial charge on any atom is -0.423 e. The van der Waals surface area contributed by atoms with Crippen molar-refractivity contribution in [1.29, 1.82) is 0 Å². The fourth-order valence-corrected chi connectivity index (χ4v) is 3.42. The minimum absolute atomic E-state index is 0.498. The van der Waals surface area contributed by atoms with Crippen LogP contribution >= 0.6 is 0 Å². The van der Waals surface area contributed by atoms with Gasteiger partial charge in [0, 0.05) is 21.9 Å². The van der Waals surface area contributed by atoms with E-state index in [-0.39, 0.29) is 0 Å². The lowest BCUT2D eigenvalue weighted by Gasteiger charge is -2.13. The maximum atomic E-state index is 9.78. The lowest BCUT2D eigenvalue weighted by atomic mass is 9.79. The lowest BCUT2D eigenvalue weighted by molar-refractivity contribution is 0.425. The van der Waals surface area contributed by atoms with Crippen LogP contribution < -0.4 is 5.46 Å². The van der Waals surface area contributed by atoms with Crippen LogP contribution in [0.5, 0.6) is 0 Å².